The molecule has 0 radical (unpaired) electrons. The number of methoxy groups -OCH3 is 1. The van der Waals surface area contributed by atoms with Gasteiger partial charge < -0.3 is 20.3 Å². The van der Waals surface area contributed by atoms with E-state index in [1.54, 1.807) is 31.4 Å². The zero-order valence-electron chi connectivity index (χ0n) is 15.2. The summed E-state index contributed by atoms with van der Waals surface area (Å²) in [6, 6.07) is 7.11. The van der Waals surface area contributed by atoms with Gasteiger partial charge in [-0.1, -0.05) is 6.42 Å². The maximum atomic E-state index is 12.1. The fraction of sp³-hybridized carbons (Fsp3) is 0.579. The average molecular weight is 344 g/mol. The van der Waals surface area contributed by atoms with Crippen LogP contribution in [0.25, 0.3) is 0 Å². The fourth-order valence-electron chi connectivity index (χ4n) is 3.73. The summed E-state index contributed by atoms with van der Waals surface area (Å²) in [5, 5.41) is 6.29. The minimum absolute atomic E-state index is 0.0750. The van der Waals surface area contributed by atoms with Crippen LogP contribution in [-0.4, -0.2) is 57.1 Å². The number of ether oxygens (including phenoxy) is 1. The molecule has 6 nitrogen and oxygen atoms in total. The van der Waals surface area contributed by atoms with E-state index < -0.39 is 0 Å². The lowest BCUT2D eigenvalue weighted by atomic mass is 9.68. The number of guanidine groups is 1. The largest absolute Gasteiger partial charge is 0.497 e. The highest BCUT2D eigenvalue weighted by atomic mass is 16.5. The van der Waals surface area contributed by atoms with Crippen molar-refractivity contribution in [2.75, 3.05) is 40.3 Å². The third kappa shape index (κ3) is 4.06. The molecule has 1 aliphatic heterocycles. The number of aliphatic imine (C=N–C) groups is 1. The smallest absolute Gasteiger partial charge is 0.251 e. The van der Waals surface area contributed by atoms with Crippen molar-refractivity contribution in [3.05, 3.63) is 29.8 Å². The molecular weight excluding hydrogens is 316 g/mol. The molecule has 1 aromatic rings. The number of rotatable bonds is 5. The molecule has 6 heteroatoms. The van der Waals surface area contributed by atoms with Crippen LogP contribution in [0, 0.1) is 5.41 Å². The quantitative estimate of drug-likeness (QED) is 0.486. The van der Waals surface area contributed by atoms with Gasteiger partial charge >= 0.3 is 0 Å². The lowest BCUT2D eigenvalue weighted by molar-refractivity contribution is 0.0954. The van der Waals surface area contributed by atoms with Gasteiger partial charge in [-0.05, 0) is 48.9 Å². The molecule has 1 saturated heterocycles. The van der Waals surface area contributed by atoms with E-state index in [0.717, 1.165) is 24.8 Å². The molecule has 1 spiro atoms. The van der Waals surface area contributed by atoms with E-state index >= 15 is 0 Å². The van der Waals surface area contributed by atoms with Gasteiger partial charge in [0.25, 0.3) is 5.91 Å². The van der Waals surface area contributed by atoms with Crippen molar-refractivity contribution >= 4 is 11.9 Å². The van der Waals surface area contributed by atoms with Gasteiger partial charge in [-0.15, -0.1) is 0 Å². The van der Waals surface area contributed by atoms with Crippen molar-refractivity contribution in [2.24, 2.45) is 10.4 Å². The summed E-state index contributed by atoms with van der Waals surface area (Å²) in [7, 11) is 3.44. The van der Waals surface area contributed by atoms with Crippen LogP contribution < -0.4 is 15.4 Å². The van der Waals surface area contributed by atoms with Crippen molar-refractivity contribution < 1.29 is 9.53 Å². The normalized spacial score (nSPS) is 18.8. The van der Waals surface area contributed by atoms with Gasteiger partial charge in [-0.25, -0.2) is 0 Å². The first kappa shape index (κ1) is 17.6. The highest BCUT2D eigenvalue weighted by molar-refractivity contribution is 5.94. The summed E-state index contributed by atoms with van der Waals surface area (Å²) in [4.78, 5) is 18.9. The van der Waals surface area contributed by atoms with Crippen LogP contribution >= 0.6 is 0 Å². The molecule has 1 aliphatic carbocycles. The minimum Gasteiger partial charge on any atom is -0.497 e. The van der Waals surface area contributed by atoms with Crippen molar-refractivity contribution in [2.45, 2.75) is 25.7 Å². The first-order valence-electron chi connectivity index (χ1n) is 9.04. The van der Waals surface area contributed by atoms with Crippen molar-refractivity contribution in [3.8, 4) is 5.75 Å². The third-order valence-electron chi connectivity index (χ3n) is 5.41. The minimum atomic E-state index is -0.0750. The second kappa shape index (κ2) is 7.76. The number of nitrogens with one attached hydrogen (secondary N) is 2. The second-order valence-corrected chi connectivity index (χ2v) is 6.98. The Kier molecular flexibility index (Phi) is 5.46. The fourth-order valence-corrected chi connectivity index (χ4v) is 3.73. The summed E-state index contributed by atoms with van der Waals surface area (Å²) in [5.41, 5.74) is 1.19. The Morgan fingerprint density at radius 3 is 2.48 bits per heavy atom. The maximum absolute atomic E-state index is 12.1. The van der Waals surface area contributed by atoms with E-state index in [-0.39, 0.29) is 5.91 Å². The molecule has 0 atom stereocenters. The number of carbonyl (C=O) groups is 1. The Hall–Kier alpha value is -2.24. The predicted octanol–water partition coefficient (Wildman–Crippen LogP) is 1.88. The Labute approximate surface area is 149 Å². The molecule has 0 bridgehead atoms. The van der Waals surface area contributed by atoms with Gasteiger partial charge in [0.1, 0.15) is 5.75 Å². The van der Waals surface area contributed by atoms with Crippen LogP contribution in [0.2, 0.25) is 0 Å². The van der Waals surface area contributed by atoms with Gasteiger partial charge in [-0.3, -0.25) is 9.79 Å². The Morgan fingerprint density at radius 1 is 1.20 bits per heavy atom. The van der Waals surface area contributed by atoms with E-state index in [4.69, 9.17) is 4.74 Å². The number of likely N-dealkylation sites (tertiary alicyclic amines) is 1. The SMILES string of the molecule is CN=C(NCCNC(=O)c1ccc(OC)cc1)N1CCC2(CCC2)C1. The molecule has 0 unspecified atom stereocenters. The topological polar surface area (TPSA) is 66.0 Å². The van der Waals surface area contributed by atoms with Gasteiger partial charge in [0.15, 0.2) is 5.96 Å². The molecule has 136 valence electrons. The molecule has 2 N–H and O–H groups in total. The molecule has 1 heterocycles. The number of hydrogen-bond acceptors (Lipinski definition) is 3. The number of benzene rings is 1. The monoisotopic (exact) mass is 344 g/mol. The van der Waals surface area contributed by atoms with Crippen LogP contribution in [-0.2, 0) is 0 Å². The number of amides is 1. The van der Waals surface area contributed by atoms with Gasteiger partial charge in [0, 0.05) is 38.8 Å². The number of carbonyl (C=O) groups excluding carboxylic acids is 1. The van der Waals surface area contributed by atoms with Crippen LogP contribution in [0.3, 0.4) is 0 Å². The molecule has 2 aliphatic rings. The third-order valence-corrected chi connectivity index (χ3v) is 5.41. The highest BCUT2D eigenvalue weighted by Gasteiger charge is 2.43. The van der Waals surface area contributed by atoms with Gasteiger partial charge in [0.2, 0.25) is 0 Å². The summed E-state index contributed by atoms with van der Waals surface area (Å²) < 4.78 is 5.10. The van der Waals surface area contributed by atoms with E-state index in [2.05, 4.69) is 20.5 Å². The molecule has 2 fully saturated rings. The van der Waals surface area contributed by atoms with E-state index in [9.17, 15) is 4.79 Å². The molecule has 3 rings (SSSR count). The van der Waals surface area contributed by atoms with E-state index in [0.29, 0.717) is 24.1 Å². The molecule has 1 amide bonds. The van der Waals surface area contributed by atoms with Gasteiger partial charge in [-0.2, -0.15) is 0 Å². The van der Waals surface area contributed by atoms with E-state index in [1.165, 1.54) is 25.7 Å². The molecule has 0 aromatic heterocycles. The maximum Gasteiger partial charge on any atom is 0.251 e. The Morgan fingerprint density at radius 2 is 1.92 bits per heavy atom. The lowest BCUT2D eigenvalue weighted by Gasteiger charge is -2.38. The first-order chi connectivity index (χ1) is 12.2. The van der Waals surface area contributed by atoms with E-state index in [1.807, 2.05) is 7.05 Å². The molecular formula is C19H28N4O2. The molecule has 1 saturated carbocycles. The molecule has 1 aromatic carbocycles. The summed E-state index contributed by atoms with van der Waals surface area (Å²) in [6.45, 7) is 3.42. The summed E-state index contributed by atoms with van der Waals surface area (Å²) >= 11 is 0. The first-order valence-corrected chi connectivity index (χ1v) is 9.04. The van der Waals surface area contributed by atoms with Crippen molar-refractivity contribution in [3.63, 3.8) is 0 Å². The van der Waals surface area contributed by atoms with Crippen LogP contribution in [0.4, 0.5) is 0 Å². The van der Waals surface area contributed by atoms with Crippen LogP contribution in [0.1, 0.15) is 36.0 Å². The Balaban J connectivity index is 1.40. The predicted molar refractivity (Wildman–Crippen MR) is 99.2 cm³/mol. The van der Waals surface area contributed by atoms with Crippen LogP contribution in [0.15, 0.2) is 29.3 Å². The van der Waals surface area contributed by atoms with Crippen LogP contribution in [0.5, 0.6) is 5.75 Å². The summed E-state index contributed by atoms with van der Waals surface area (Å²) in [6.07, 6.45) is 5.37. The van der Waals surface area contributed by atoms with Gasteiger partial charge in [0.05, 0.1) is 7.11 Å². The standard InChI is InChI=1S/C19H28N4O2/c1-20-18(23-13-10-19(14-23)8-3-9-19)22-12-11-21-17(24)15-4-6-16(25-2)7-5-15/h4-7H,3,8-14H2,1-2H3,(H,20,22)(H,21,24). The Bertz CT molecular complexity index is 623. The van der Waals surface area contributed by atoms with Crippen molar-refractivity contribution in [1.82, 2.24) is 15.5 Å². The zero-order valence-corrected chi connectivity index (χ0v) is 15.2. The highest BCUT2D eigenvalue weighted by Crippen LogP contribution is 2.47. The summed E-state index contributed by atoms with van der Waals surface area (Å²) in [5.74, 6) is 1.62. The zero-order chi connectivity index (χ0) is 17.7. The van der Waals surface area contributed by atoms with Crippen molar-refractivity contribution in [1.29, 1.82) is 0 Å². The second-order valence-electron chi connectivity index (χ2n) is 6.98. The molecule has 25 heavy (non-hydrogen) atoms. The lowest BCUT2D eigenvalue weighted by Crippen LogP contribution is -2.44. The number of hydrogen-bond donors (Lipinski definition) is 2. The average Bonchev–Trinajstić information content (AvgIpc) is 3.07. The number of nitrogens with zero attached hydrogens (tertiary/aromatic N) is 2.